The third-order valence-corrected chi connectivity index (χ3v) is 4.25. The Hall–Kier alpha value is -3.54. The van der Waals surface area contributed by atoms with Crippen LogP contribution in [0.25, 0.3) is 0 Å². The van der Waals surface area contributed by atoms with Gasteiger partial charge in [0.05, 0.1) is 11.6 Å². The molecule has 2 amide bonds. The molecule has 2 rings (SSSR count). The Labute approximate surface area is 192 Å². The van der Waals surface area contributed by atoms with E-state index in [1.54, 1.807) is 6.07 Å². The second-order valence-electron chi connectivity index (χ2n) is 6.72. The zero-order chi connectivity index (χ0) is 24.6. The first-order valence-electron chi connectivity index (χ1n) is 9.69. The number of rotatable bonds is 6. The van der Waals surface area contributed by atoms with Crippen molar-refractivity contribution in [2.45, 2.75) is 32.5 Å². The van der Waals surface area contributed by atoms with Crippen molar-refractivity contribution in [2.75, 3.05) is 11.9 Å². The number of hydrogen-bond acceptors (Lipinski definition) is 5. The van der Waals surface area contributed by atoms with E-state index in [2.05, 4.69) is 30.9 Å². The summed E-state index contributed by atoms with van der Waals surface area (Å²) in [6, 6.07) is 3.04. The molecule has 0 saturated heterocycles. The zero-order valence-electron chi connectivity index (χ0n) is 17.6. The van der Waals surface area contributed by atoms with Crippen LogP contribution in [0.5, 0.6) is 0 Å². The van der Waals surface area contributed by atoms with Crippen LogP contribution >= 0.6 is 11.6 Å². The summed E-state index contributed by atoms with van der Waals surface area (Å²) in [6.45, 7) is 3.63. The molecule has 1 aromatic carbocycles. The SMILES string of the molecule is CCCNC(=O)C(=N)/N=C(\Nc1ncccn1)C(C)NC(=O)c1cc(Cl)cc(C(F)(F)F)c1. The second kappa shape index (κ2) is 11.4. The number of amidine groups is 2. The molecule has 0 bridgehead atoms. The number of benzene rings is 1. The lowest BCUT2D eigenvalue weighted by Crippen LogP contribution is -2.43. The average Bonchev–Trinajstić information content (AvgIpc) is 2.76. The average molecular weight is 484 g/mol. The normalized spacial score (nSPS) is 12.6. The molecule has 1 atom stereocenters. The summed E-state index contributed by atoms with van der Waals surface area (Å²) in [6.07, 6.45) is -1.18. The van der Waals surface area contributed by atoms with Gasteiger partial charge in [-0.15, -0.1) is 0 Å². The van der Waals surface area contributed by atoms with E-state index in [0.29, 0.717) is 25.1 Å². The summed E-state index contributed by atoms with van der Waals surface area (Å²) >= 11 is 5.75. The minimum atomic E-state index is -4.69. The molecule has 0 aliphatic heterocycles. The molecule has 0 aliphatic carbocycles. The highest BCUT2D eigenvalue weighted by Gasteiger charge is 2.32. The largest absolute Gasteiger partial charge is 0.416 e. The molecular weight excluding hydrogens is 463 g/mol. The van der Waals surface area contributed by atoms with Crippen LogP contribution in [-0.4, -0.2) is 46.0 Å². The van der Waals surface area contributed by atoms with Crippen molar-refractivity contribution in [2.24, 2.45) is 4.99 Å². The number of carbonyl (C=O) groups excluding carboxylic acids is 2. The molecule has 0 spiro atoms. The molecule has 33 heavy (non-hydrogen) atoms. The first-order valence-corrected chi connectivity index (χ1v) is 10.1. The van der Waals surface area contributed by atoms with Gasteiger partial charge in [-0.2, -0.15) is 13.2 Å². The van der Waals surface area contributed by atoms with Crippen molar-refractivity contribution in [1.29, 1.82) is 5.41 Å². The lowest BCUT2D eigenvalue weighted by molar-refractivity contribution is -0.137. The molecule has 9 nitrogen and oxygen atoms in total. The Morgan fingerprint density at radius 2 is 1.88 bits per heavy atom. The molecule has 0 saturated carbocycles. The Bertz CT molecular complexity index is 1050. The molecule has 1 aromatic heterocycles. The molecule has 0 fully saturated rings. The predicted molar refractivity (Wildman–Crippen MR) is 117 cm³/mol. The highest BCUT2D eigenvalue weighted by molar-refractivity contribution is 6.39. The van der Waals surface area contributed by atoms with Gasteiger partial charge in [0.25, 0.3) is 11.8 Å². The van der Waals surface area contributed by atoms with Gasteiger partial charge < -0.3 is 16.0 Å². The summed E-state index contributed by atoms with van der Waals surface area (Å²) in [5, 5.41) is 15.3. The van der Waals surface area contributed by atoms with Crippen LogP contribution in [0.1, 0.15) is 36.2 Å². The Morgan fingerprint density at radius 3 is 2.48 bits per heavy atom. The number of amides is 2. The highest BCUT2D eigenvalue weighted by Crippen LogP contribution is 2.31. The summed E-state index contributed by atoms with van der Waals surface area (Å²) < 4.78 is 39.2. The molecule has 176 valence electrons. The molecular formula is C20H21ClF3N7O2. The molecule has 0 radical (unpaired) electrons. The van der Waals surface area contributed by atoms with E-state index in [1.807, 2.05) is 6.92 Å². The van der Waals surface area contributed by atoms with Gasteiger partial charge in [0.1, 0.15) is 5.84 Å². The first kappa shape index (κ1) is 25.7. The number of aliphatic imine (C=N–C) groups is 1. The quantitative estimate of drug-likeness (QED) is 0.370. The van der Waals surface area contributed by atoms with Crippen molar-refractivity contribution >= 4 is 41.0 Å². The maximum Gasteiger partial charge on any atom is 0.416 e. The smallest absolute Gasteiger partial charge is 0.349 e. The number of nitrogens with one attached hydrogen (secondary N) is 4. The summed E-state index contributed by atoms with van der Waals surface area (Å²) in [5.41, 5.74) is -1.40. The zero-order valence-corrected chi connectivity index (χ0v) is 18.4. The molecule has 1 heterocycles. The Kier molecular flexibility index (Phi) is 8.85. The van der Waals surface area contributed by atoms with E-state index in [0.717, 1.165) is 6.07 Å². The van der Waals surface area contributed by atoms with E-state index in [-0.39, 0.29) is 22.4 Å². The fourth-order valence-electron chi connectivity index (χ4n) is 2.44. The Morgan fingerprint density at radius 1 is 1.21 bits per heavy atom. The van der Waals surface area contributed by atoms with Crippen molar-refractivity contribution in [3.05, 3.63) is 52.8 Å². The van der Waals surface area contributed by atoms with E-state index < -0.39 is 35.4 Å². The van der Waals surface area contributed by atoms with Crippen LogP contribution in [0, 0.1) is 5.41 Å². The topological polar surface area (TPSA) is 132 Å². The number of nitrogens with zero attached hydrogens (tertiary/aromatic N) is 3. The van der Waals surface area contributed by atoms with Crippen molar-refractivity contribution in [3.63, 3.8) is 0 Å². The van der Waals surface area contributed by atoms with Gasteiger partial charge in [0.15, 0.2) is 0 Å². The fourth-order valence-corrected chi connectivity index (χ4v) is 2.67. The number of alkyl halides is 3. The molecule has 13 heteroatoms. The van der Waals surface area contributed by atoms with Crippen LogP contribution in [0.3, 0.4) is 0 Å². The fraction of sp³-hybridized carbons (Fsp3) is 0.300. The predicted octanol–water partition coefficient (Wildman–Crippen LogP) is 3.28. The molecule has 0 aliphatic rings. The van der Waals surface area contributed by atoms with E-state index in [1.165, 1.54) is 19.3 Å². The Balaban J connectivity index is 2.29. The van der Waals surface area contributed by atoms with Gasteiger partial charge in [-0.3, -0.25) is 15.0 Å². The summed E-state index contributed by atoms with van der Waals surface area (Å²) in [5.74, 6) is -2.27. The third kappa shape index (κ3) is 7.83. The maximum atomic E-state index is 13.1. The van der Waals surface area contributed by atoms with Gasteiger partial charge in [0.2, 0.25) is 11.8 Å². The van der Waals surface area contributed by atoms with Crippen LogP contribution in [0.2, 0.25) is 5.02 Å². The lowest BCUT2D eigenvalue weighted by Gasteiger charge is -2.18. The third-order valence-electron chi connectivity index (χ3n) is 4.03. The van der Waals surface area contributed by atoms with Crippen molar-refractivity contribution < 1.29 is 22.8 Å². The van der Waals surface area contributed by atoms with Gasteiger partial charge in [0, 0.05) is 29.5 Å². The van der Waals surface area contributed by atoms with Gasteiger partial charge in [-0.25, -0.2) is 15.0 Å². The number of hydrogen-bond donors (Lipinski definition) is 4. The monoisotopic (exact) mass is 483 g/mol. The summed E-state index contributed by atoms with van der Waals surface area (Å²) in [4.78, 5) is 36.5. The number of halogens is 4. The van der Waals surface area contributed by atoms with Crippen LogP contribution in [0.4, 0.5) is 19.1 Å². The first-order chi connectivity index (χ1) is 15.5. The second-order valence-corrected chi connectivity index (χ2v) is 7.16. The standard InChI is InChI=1S/C20H21ClF3N7O2/c1-3-5-26-18(33)15(25)30-16(31-19-27-6-4-7-28-19)11(2)29-17(32)12-8-13(20(22,23)24)10-14(21)9-12/h4,6-11H,3,5H2,1-2H3,(H,26,33)(H,29,32)(H2,25,27,28,30,31). The summed E-state index contributed by atoms with van der Waals surface area (Å²) in [7, 11) is 0. The van der Waals surface area contributed by atoms with Crippen molar-refractivity contribution in [3.8, 4) is 0 Å². The molecule has 4 N–H and O–H groups in total. The van der Waals surface area contributed by atoms with Gasteiger partial charge in [-0.1, -0.05) is 18.5 Å². The van der Waals surface area contributed by atoms with Crippen LogP contribution < -0.4 is 16.0 Å². The van der Waals surface area contributed by atoms with E-state index in [4.69, 9.17) is 17.0 Å². The highest BCUT2D eigenvalue weighted by atomic mass is 35.5. The van der Waals surface area contributed by atoms with Gasteiger partial charge >= 0.3 is 6.18 Å². The van der Waals surface area contributed by atoms with Crippen LogP contribution in [-0.2, 0) is 11.0 Å². The minimum absolute atomic E-state index is 0.0706. The van der Waals surface area contributed by atoms with Crippen LogP contribution in [0.15, 0.2) is 41.7 Å². The number of aromatic nitrogens is 2. The number of anilines is 1. The van der Waals surface area contributed by atoms with E-state index >= 15 is 0 Å². The van der Waals surface area contributed by atoms with E-state index in [9.17, 15) is 22.8 Å². The van der Waals surface area contributed by atoms with Gasteiger partial charge in [-0.05, 0) is 37.6 Å². The maximum absolute atomic E-state index is 13.1. The number of carbonyl (C=O) groups is 2. The lowest BCUT2D eigenvalue weighted by atomic mass is 10.1. The minimum Gasteiger partial charge on any atom is -0.349 e. The molecule has 2 aromatic rings. The van der Waals surface area contributed by atoms with Crippen molar-refractivity contribution in [1.82, 2.24) is 20.6 Å². The molecule has 1 unspecified atom stereocenters.